The third-order valence-electron chi connectivity index (χ3n) is 6.16. The highest BCUT2D eigenvalue weighted by atomic mass is 19.1. The maximum Gasteiger partial charge on any atom is 0.244 e. The van der Waals surface area contributed by atoms with Gasteiger partial charge in [-0.05, 0) is 36.9 Å². The Bertz CT molecular complexity index is 1390. The van der Waals surface area contributed by atoms with Crippen molar-refractivity contribution in [2.75, 3.05) is 17.6 Å². The van der Waals surface area contributed by atoms with E-state index in [1.165, 1.54) is 6.20 Å². The molecule has 35 heavy (non-hydrogen) atoms. The lowest BCUT2D eigenvalue weighted by Gasteiger charge is -2.24. The van der Waals surface area contributed by atoms with Gasteiger partial charge in [-0.25, -0.2) is 9.37 Å². The van der Waals surface area contributed by atoms with Crippen molar-refractivity contribution < 1.29 is 13.9 Å². The molecule has 0 radical (unpaired) electrons. The molecule has 3 N–H and O–H groups in total. The number of nitrogens with two attached hydrogens (primary N) is 1. The van der Waals surface area contributed by atoms with Gasteiger partial charge < -0.3 is 20.7 Å². The lowest BCUT2D eigenvalue weighted by molar-refractivity contribution is -0.133. The Morgan fingerprint density at radius 3 is 2.74 bits per heavy atom. The molecule has 9 heteroatoms. The molecule has 2 aromatic carbocycles. The van der Waals surface area contributed by atoms with E-state index in [0.717, 1.165) is 17.7 Å². The summed E-state index contributed by atoms with van der Waals surface area (Å²) in [5, 5.41) is 8.93. The predicted octanol–water partition coefficient (Wildman–Crippen LogP) is 4.27. The van der Waals surface area contributed by atoms with Crippen LogP contribution >= 0.6 is 0 Å². The summed E-state index contributed by atoms with van der Waals surface area (Å²) in [7, 11) is 0. The molecule has 2 aromatic heterocycles. The van der Waals surface area contributed by atoms with Crippen LogP contribution in [-0.4, -0.2) is 38.2 Å². The van der Waals surface area contributed by atoms with E-state index in [-0.39, 0.29) is 36.5 Å². The van der Waals surface area contributed by atoms with Gasteiger partial charge in [0.25, 0.3) is 0 Å². The first-order valence-electron chi connectivity index (χ1n) is 11.6. The Balaban J connectivity index is 1.37. The fourth-order valence-corrected chi connectivity index (χ4v) is 4.29. The maximum atomic E-state index is 14.8. The van der Waals surface area contributed by atoms with Crippen molar-refractivity contribution in [3.05, 3.63) is 71.8 Å². The number of carbonyl (C=O) groups is 1. The van der Waals surface area contributed by atoms with Gasteiger partial charge in [-0.1, -0.05) is 30.3 Å². The highest BCUT2D eigenvalue weighted by Gasteiger charge is 2.24. The molecule has 0 bridgehead atoms. The van der Waals surface area contributed by atoms with E-state index in [1.54, 1.807) is 16.8 Å². The van der Waals surface area contributed by atoms with Gasteiger partial charge in [-0.2, -0.15) is 5.10 Å². The van der Waals surface area contributed by atoms with Crippen LogP contribution in [0.3, 0.4) is 0 Å². The summed E-state index contributed by atoms with van der Waals surface area (Å²) >= 11 is 0. The molecular weight excluding hydrogens is 447 g/mol. The van der Waals surface area contributed by atoms with Gasteiger partial charge in [0.1, 0.15) is 19.0 Å². The first-order valence-corrected chi connectivity index (χ1v) is 11.6. The normalized spacial score (nSPS) is 13.7. The second kappa shape index (κ2) is 9.25. The summed E-state index contributed by atoms with van der Waals surface area (Å²) in [6, 6.07) is 15.0. The van der Waals surface area contributed by atoms with E-state index < -0.39 is 5.82 Å². The monoisotopic (exact) mass is 474 g/mol. The molecule has 4 aromatic rings. The highest BCUT2D eigenvalue weighted by Crippen LogP contribution is 2.33. The van der Waals surface area contributed by atoms with Crippen LogP contribution < -0.4 is 15.8 Å². The molecule has 0 unspecified atom stereocenters. The first kappa shape index (κ1) is 22.6. The van der Waals surface area contributed by atoms with Crippen LogP contribution in [0.25, 0.3) is 10.8 Å². The SMILES string of the molecule is CC(C)N1CCc2cc(Nc3cc4cc(OCc5ccccc5)c(F)c(N)c4cn3)nn2CC1=O. The van der Waals surface area contributed by atoms with E-state index in [0.29, 0.717) is 29.0 Å². The zero-order valence-corrected chi connectivity index (χ0v) is 19.7. The van der Waals surface area contributed by atoms with Crippen LogP contribution in [0.1, 0.15) is 25.1 Å². The van der Waals surface area contributed by atoms with E-state index in [1.807, 2.05) is 55.1 Å². The summed E-state index contributed by atoms with van der Waals surface area (Å²) < 4.78 is 22.3. The van der Waals surface area contributed by atoms with Crippen molar-refractivity contribution in [2.45, 2.75) is 39.5 Å². The molecule has 0 spiro atoms. The number of nitrogen functional groups attached to an aromatic ring is 1. The number of hydrogen-bond acceptors (Lipinski definition) is 6. The van der Waals surface area contributed by atoms with Crippen LogP contribution in [-0.2, 0) is 24.4 Å². The van der Waals surface area contributed by atoms with Gasteiger partial charge in [0.15, 0.2) is 17.4 Å². The van der Waals surface area contributed by atoms with Crippen molar-refractivity contribution in [1.82, 2.24) is 19.7 Å². The molecule has 1 aliphatic heterocycles. The van der Waals surface area contributed by atoms with Crippen LogP contribution in [0.15, 0.2) is 54.7 Å². The topological polar surface area (TPSA) is 98.3 Å². The minimum Gasteiger partial charge on any atom is -0.486 e. The number of anilines is 3. The second-order valence-corrected chi connectivity index (χ2v) is 8.90. The molecule has 8 nitrogen and oxygen atoms in total. The lowest BCUT2D eigenvalue weighted by Crippen LogP contribution is -2.38. The smallest absolute Gasteiger partial charge is 0.244 e. The quantitative estimate of drug-likeness (QED) is 0.405. The average molecular weight is 475 g/mol. The van der Waals surface area contributed by atoms with Crippen molar-refractivity contribution in [2.24, 2.45) is 0 Å². The summed E-state index contributed by atoms with van der Waals surface area (Å²) in [5.41, 5.74) is 7.95. The minimum atomic E-state index is -0.603. The predicted molar refractivity (Wildman–Crippen MR) is 133 cm³/mol. The van der Waals surface area contributed by atoms with Crippen LogP contribution in [0.5, 0.6) is 5.75 Å². The molecule has 0 aliphatic carbocycles. The Morgan fingerprint density at radius 1 is 1.17 bits per heavy atom. The molecule has 0 fully saturated rings. The molecule has 0 saturated heterocycles. The van der Waals surface area contributed by atoms with Crippen molar-refractivity contribution in [3.8, 4) is 5.75 Å². The van der Waals surface area contributed by atoms with Gasteiger partial charge in [0.2, 0.25) is 5.91 Å². The number of ether oxygens (including phenoxy) is 1. The fourth-order valence-electron chi connectivity index (χ4n) is 4.29. The van der Waals surface area contributed by atoms with Crippen LogP contribution in [0.2, 0.25) is 0 Å². The Kier molecular flexibility index (Phi) is 5.98. The number of hydrogen-bond donors (Lipinski definition) is 2. The number of pyridine rings is 1. The van der Waals surface area contributed by atoms with E-state index in [2.05, 4.69) is 15.4 Å². The minimum absolute atomic E-state index is 0.00784. The van der Waals surface area contributed by atoms with E-state index in [4.69, 9.17) is 10.5 Å². The molecule has 180 valence electrons. The van der Waals surface area contributed by atoms with Crippen molar-refractivity contribution in [1.29, 1.82) is 0 Å². The lowest BCUT2D eigenvalue weighted by atomic mass is 10.1. The van der Waals surface area contributed by atoms with E-state index in [9.17, 15) is 9.18 Å². The van der Waals surface area contributed by atoms with Crippen LogP contribution in [0, 0.1) is 5.82 Å². The zero-order chi connectivity index (χ0) is 24.5. The fraction of sp³-hybridized carbons (Fsp3) is 0.269. The number of aromatic nitrogens is 3. The summed E-state index contributed by atoms with van der Waals surface area (Å²) in [6.07, 6.45) is 2.25. The number of carbonyl (C=O) groups excluding carboxylic acids is 1. The number of benzene rings is 2. The molecule has 1 amide bonds. The van der Waals surface area contributed by atoms with Gasteiger partial charge in [-0.15, -0.1) is 0 Å². The molecule has 0 saturated carbocycles. The third-order valence-corrected chi connectivity index (χ3v) is 6.16. The van der Waals surface area contributed by atoms with Gasteiger partial charge in [0, 0.05) is 42.4 Å². The standard InChI is InChI=1S/C26H27FN6O2/c1-16(2)32-9-8-19-12-23(31-33(19)14-24(32)34)30-22-11-18-10-21(25(27)26(28)20(18)13-29-22)35-15-17-6-4-3-5-7-17/h3-7,10-13,16H,8-9,14-15,28H2,1-2H3,(H,29,30,31). The molecular formula is C26H27FN6O2. The summed E-state index contributed by atoms with van der Waals surface area (Å²) in [6.45, 7) is 5.12. The third kappa shape index (κ3) is 4.62. The van der Waals surface area contributed by atoms with Crippen LogP contribution in [0.4, 0.5) is 21.7 Å². The second-order valence-electron chi connectivity index (χ2n) is 8.90. The van der Waals surface area contributed by atoms with Gasteiger partial charge in [0.05, 0.1) is 5.69 Å². The first-order chi connectivity index (χ1) is 16.9. The van der Waals surface area contributed by atoms with Gasteiger partial charge >= 0.3 is 0 Å². The molecule has 3 heterocycles. The summed E-state index contributed by atoms with van der Waals surface area (Å²) in [4.78, 5) is 18.8. The Labute approximate surface area is 202 Å². The Morgan fingerprint density at radius 2 is 1.97 bits per heavy atom. The maximum absolute atomic E-state index is 14.8. The van der Waals surface area contributed by atoms with Crippen molar-refractivity contribution in [3.63, 3.8) is 0 Å². The molecule has 0 atom stereocenters. The van der Waals surface area contributed by atoms with Gasteiger partial charge in [-0.3, -0.25) is 9.48 Å². The average Bonchev–Trinajstić information content (AvgIpc) is 3.13. The Hall–Kier alpha value is -4.14. The summed E-state index contributed by atoms with van der Waals surface area (Å²) in [5.74, 6) is 0.652. The van der Waals surface area contributed by atoms with Crippen molar-refractivity contribution >= 4 is 34.0 Å². The zero-order valence-electron chi connectivity index (χ0n) is 19.7. The largest absolute Gasteiger partial charge is 0.486 e. The molecule has 1 aliphatic rings. The number of halogens is 1. The highest BCUT2D eigenvalue weighted by molar-refractivity contribution is 5.95. The number of amides is 1. The number of fused-ring (bicyclic) bond motifs is 2. The number of rotatable bonds is 6. The van der Waals surface area contributed by atoms with E-state index >= 15 is 0 Å². The molecule has 5 rings (SSSR count). The number of nitrogens with zero attached hydrogens (tertiary/aromatic N) is 4. The number of nitrogens with one attached hydrogen (secondary N) is 1.